The topological polar surface area (TPSA) is 148 Å². The van der Waals surface area contributed by atoms with Crippen LogP contribution in [-0.4, -0.2) is 45.1 Å². The molecule has 0 fully saturated rings. The van der Waals surface area contributed by atoms with E-state index in [9.17, 15) is 17.6 Å². The quantitative estimate of drug-likeness (QED) is 0.310. The number of nitrogens with zero attached hydrogens (tertiary/aromatic N) is 4. The van der Waals surface area contributed by atoms with Crippen molar-refractivity contribution < 1.29 is 48.5 Å². The Labute approximate surface area is 203 Å². The van der Waals surface area contributed by atoms with E-state index in [0.29, 0.717) is 24.0 Å². The minimum atomic E-state index is -4.89. The summed E-state index contributed by atoms with van der Waals surface area (Å²) in [6, 6.07) is 4.04. The van der Waals surface area contributed by atoms with E-state index in [1.165, 1.54) is 0 Å². The predicted octanol–water partition coefficient (Wildman–Crippen LogP) is 4.51. The number of rotatable bonds is 6. The molecule has 9 nitrogen and oxygen atoms in total. The summed E-state index contributed by atoms with van der Waals surface area (Å²) in [7, 11) is 1.98. The molecule has 2 rings (SSSR count). The SMILES string of the molecule is CCC/C(C#N)=C\N(C)CC.Oc1cc(F)cc(OC(F)(F)F)c1.[NH-]Cc1nc(N)n[nH]1.[W]. The van der Waals surface area contributed by atoms with Gasteiger partial charge in [-0.15, -0.1) is 18.3 Å². The van der Waals surface area contributed by atoms with Crippen molar-refractivity contribution in [2.45, 2.75) is 39.6 Å². The number of hydrogen-bond acceptors (Lipinski definition) is 7. The van der Waals surface area contributed by atoms with Crippen LogP contribution in [-0.2, 0) is 27.6 Å². The van der Waals surface area contributed by atoms with Crippen LogP contribution in [0.5, 0.6) is 11.5 Å². The number of nitrogens with two attached hydrogens (primary N) is 1. The molecule has 0 saturated carbocycles. The molecule has 33 heavy (non-hydrogen) atoms. The molecule has 1 heterocycles. The number of nitriles is 1. The van der Waals surface area contributed by atoms with Crippen molar-refractivity contribution >= 4 is 5.95 Å². The number of benzene rings is 1. The first-order valence-electron chi connectivity index (χ1n) is 9.31. The van der Waals surface area contributed by atoms with Gasteiger partial charge in [0.1, 0.15) is 23.1 Å². The van der Waals surface area contributed by atoms with Gasteiger partial charge < -0.3 is 26.2 Å². The van der Waals surface area contributed by atoms with Crippen molar-refractivity contribution in [3.63, 3.8) is 0 Å². The van der Waals surface area contributed by atoms with E-state index in [1.807, 2.05) is 18.1 Å². The summed E-state index contributed by atoms with van der Waals surface area (Å²) in [4.78, 5) is 5.67. The number of aromatic nitrogens is 3. The van der Waals surface area contributed by atoms with Crippen LogP contribution in [0.2, 0.25) is 0 Å². The van der Waals surface area contributed by atoms with Gasteiger partial charge in [-0.2, -0.15) is 10.2 Å². The summed E-state index contributed by atoms with van der Waals surface area (Å²) in [5.41, 5.74) is 12.8. The average molecular weight is 644 g/mol. The summed E-state index contributed by atoms with van der Waals surface area (Å²) < 4.78 is 50.5. The monoisotopic (exact) mass is 644 g/mol. The Balaban J connectivity index is 0. The fraction of sp³-hybridized carbons (Fsp3) is 0.421. The Morgan fingerprint density at radius 3 is 2.36 bits per heavy atom. The van der Waals surface area contributed by atoms with Gasteiger partial charge in [-0.1, -0.05) is 19.9 Å². The van der Waals surface area contributed by atoms with Crippen LogP contribution >= 0.6 is 0 Å². The minimum absolute atomic E-state index is 0. The van der Waals surface area contributed by atoms with Gasteiger partial charge in [0.05, 0.1) is 6.07 Å². The van der Waals surface area contributed by atoms with E-state index in [0.717, 1.165) is 25.0 Å². The van der Waals surface area contributed by atoms with Crippen LogP contribution in [0.15, 0.2) is 30.0 Å². The van der Waals surface area contributed by atoms with Crippen LogP contribution in [0.4, 0.5) is 23.5 Å². The smallest absolute Gasteiger partial charge is 0.573 e. The molecule has 0 amide bonds. The number of phenols is 1. The first kappa shape index (κ1) is 32.3. The molecule has 0 aliphatic rings. The second-order valence-electron chi connectivity index (χ2n) is 6.10. The van der Waals surface area contributed by atoms with Crippen molar-refractivity contribution in [2.75, 3.05) is 19.3 Å². The molecule has 14 heteroatoms. The summed E-state index contributed by atoms with van der Waals surface area (Å²) in [5.74, 6) is -1.71. The van der Waals surface area contributed by atoms with E-state index in [4.69, 9.17) is 21.8 Å². The number of hydrogen-bond donors (Lipinski definition) is 3. The van der Waals surface area contributed by atoms with E-state index in [1.54, 1.807) is 0 Å². The van der Waals surface area contributed by atoms with Gasteiger partial charge >= 0.3 is 6.36 Å². The number of halogens is 4. The largest absolute Gasteiger partial charge is 0.671 e. The third kappa shape index (κ3) is 16.4. The van der Waals surface area contributed by atoms with Crippen molar-refractivity contribution in [2.24, 2.45) is 0 Å². The fourth-order valence-electron chi connectivity index (χ4n) is 1.91. The number of H-pyrrole nitrogens is 1. The fourth-order valence-corrected chi connectivity index (χ4v) is 1.91. The van der Waals surface area contributed by atoms with Crippen LogP contribution in [0.3, 0.4) is 0 Å². The molecule has 0 bridgehead atoms. The molecule has 2 aromatic rings. The molecule has 0 unspecified atom stereocenters. The Hall–Kier alpha value is -2.84. The molecule has 0 saturated heterocycles. The van der Waals surface area contributed by atoms with Crippen LogP contribution < -0.4 is 10.5 Å². The van der Waals surface area contributed by atoms with E-state index in [2.05, 4.69) is 39.8 Å². The van der Waals surface area contributed by atoms with Crippen LogP contribution in [0.25, 0.3) is 5.73 Å². The Morgan fingerprint density at radius 1 is 1.36 bits per heavy atom. The van der Waals surface area contributed by atoms with Gasteiger partial charge in [-0.25, -0.2) is 4.39 Å². The third-order valence-electron chi connectivity index (χ3n) is 3.34. The number of phenolic OH excluding ortho intramolecular Hbond substituents is 1. The number of nitrogens with one attached hydrogen (secondary N) is 2. The summed E-state index contributed by atoms with van der Waals surface area (Å²) in [5, 5.41) is 23.4. The second kappa shape index (κ2) is 16.7. The summed E-state index contributed by atoms with van der Waals surface area (Å²) in [6.07, 6.45) is -1.04. The van der Waals surface area contributed by atoms with Gasteiger partial charge in [0, 0.05) is 64.6 Å². The number of aromatic hydroxyl groups is 1. The molecule has 1 aromatic carbocycles. The number of allylic oxidation sites excluding steroid dienone is 1. The van der Waals surface area contributed by atoms with Gasteiger partial charge in [0.15, 0.2) is 0 Å². The van der Waals surface area contributed by atoms with Gasteiger partial charge in [-0.05, 0) is 13.3 Å². The van der Waals surface area contributed by atoms with Crippen molar-refractivity contribution in [3.05, 3.63) is 47.3 Å². The Bertz CT molecular complexity index is 866. The second-order valence-corrected chi connectivity index (χ2v) is 6.10. The molecular weight excluding hydrogens is 618 g/mol. The van der Waals surface area contributed by atoms with Crippen molar-refractivity contribution in [1.82, 2.24) is 20.1 Å². The first-order chi connectivity index (χ1) is 14.9. The number of ether oxygens (including phenoxy) is 1. The molecule has 0 spiro atoms. The summed E-state index contributed by atoms with van der Waals surface area (Å²) in [6.45, 7) is 5.20. The minimum Gasteiger partial charge on any atom is -0.671 e. The average Bonchev–Trinajstić information content (AvgIpc) is 3.12. The molecular formula is C19H26F4N7O2W-. The zero-order valence-electron chi connectivity index (χ0n) is 18.3. The third-order valence-corrected chi connectivity index (χ3v) is 3.34. The molecule has 0 atom stereocenters. The van der Waals surface area contributed by atoms with E-state index in [-0.39, 0.29) is 33.6 Å². The summed E-state index contributed by atoms with van der Waals surface area (Å²) >= 11 is 0. The predicted molar refractivity (Wildman–Crippen MR) is 110 cm³/mol. The van der Waals surface area contributed by atoms with Gasteiger partial charge in [0.25, 0.3) is 0 Å². The molecule has 5 N–H and O–H groups in total. The zero-order chi connectivity index (χ0) is 24.7. The Kier molecular flexibility index (Phi) is 16.4. The number of anilines is 1. The number of nitrogen functional groups attached to an aromatic ring is 1. The van der Waals surface area contributed by atoms with Gasteiger partial charge in [0.2, 0.25) is 5.95 Å². The normalized spacial score (nSPS) is 10.5. The first-order valence-corrected chi connectivity index (χ1v) is 9.31. The molecule has 0 aliphatic carbocycles. The van der Waals surface area contributed by atoms with Gasteiger partial charge in [-0.3, -0.25) is 5.10 Å². The molecule has 1 aromatic heterocycles. The van der Waals surface area contributed by atoms with E-state index >= 15 is 0 Å². The van der Waals surface area contributed by atoms with Crippen molar-refractivity contribution in [1.29, 1.82) is 5.26 Å². The number of aromatic amines is 1. The number of alkyl halides is 3. The molecule has 184 valence electrons. The maximum atomic E-state index is 12.4. The van der Waals surface area contributed by atoms with Crippen LogP contribution in [0, 0.1) is 17.1 Å². The maximum absolute atomic E-state index is 12.4. The van der Waals surface area contributed by atoms with Crippen molar-refractivity contribution in [3.8, 4) is 17.6 Å². The van der Waals surface area contributed by atoms with Crippen LogP contribution in [0.1, 0.15) is 32.5 Å². The Morgan fingerprint density at radius 2 is 2.00 bits per heavy atom. The molecule has 0 aliphatic heterocycles. The maximum Gasteiger partial charge on any atom is 0.573 e. The standard InChI is InChI=1S/C9H16N2.C7H4F4O2.C3H6N5.W/c1-4-6-9(7-10)8-11(3)5-2;8-4-1-5(12)3-6(2-4)13-7(9,10)11;4-1-2-6-3(5)8-7-2;/h8H,4-6H2,1-3H3;1-3,12H;4H,1H2,(H3,5,6,7,8);/q;;-1;/b9-8+;;;. The molecule has 0 radical (unpaired) electrons. The zero-order valence-corrected chi connectivity index (χ0v) is 21.2. The van der Waals surface area contributed by atoms with E-state index < -0.39 is 23.7 Å².